The van der Waals surface area contributed by atoms with Crippen LogP contribution in [0.2, 0.25) is 0 Å². The van der Waals surface area contributed by atoms with Gasteiger partial charge in [0, 0.05) is 13.0 Å². The molecule has 2 unspecified atom stereocenters. The van der Waals surface area contributed by atoms with Crippen molar-refractivity contribution < 1.29 is 9.84 Å². The largest absolute Gasteiger partial charge is 0.491 e. The Bertz CT molecular complexity index is 375. The van der Waals surface area contributed by atoms with Gasteiger partial charge in [0.1, 0.15) is 5.75 Å². The molecule has 2 atom stereocenters. The van der Waals surface area contributed by atoms with Crippen molar-refractivity contribution >= 4 is 0 Å². The molecule has 0 spiro atoms. The Morgan fingerprint density at radius 3 is 2.56 bits per heavy atom. The van der Waals surface area contributed by atoms with Crippen LogP contribution in [0, 0.1) is 0 Å². The maximum atomic E-state index is 9.91. The summed E-state index contributed by atoms with van der Waals surface area (Å²) in [6.45, 7) is 8.24. The summed E-state index contributed by atoms with van der Waals surface area (Å²) in [7, 11) is 0. The Kier molecular flexibility index (Phi) is 5.17. The van der Waals surface area contributed by atoms with Crippen LogP contribution in [0.4, 0.5) is 0 Å². The van der Waals surface area contributed by atoms with E-state index in [0.29, 0.717) is 12.3 Å². The molecule has 0 bridgehead atoms. The summed E-state index contributed by atoms with van der Waals surface area (Å²) in [5.41, 5.74) is 5.90. The second-order valence-electron chi connectivity index (χ2n) is 5.56. The third-order valence-electron chi connectivity index (χ3n) is 3.03. The fourth-order valence-corrected chi connectivity index (χ4v) is 1.92. The van der Waals surface area contributed by atoms with Gasteiger partial charge in [-0.05, 0) is 37.5 Å². The summed E-state index contributed by atoms with van der Waals surface area (Å²) in [5.74, 6) is 1.33. The Labute approximate surface area is 110 Å². The van der Waals surface area contributed by atoms with E-state index in [4.69, 9.17) is 10.5 Å². The zero-order chi connectivity index (χ0) is 13.8. The highest BCUT2D eigenvalue weighted by Crippen LogP contribution is 2.22. The van der Waals surface area contributed by atoms with Crippen LogP contribution in [0.3, 0.4) is 0 Å². The average Bonchev–Trinajstić information content (AvgIpc) is 2.28. The summed E-state index contributed by atoms with van der Waals surface area (Å²) in [4.78, 5) is 0. The van der Waals surface area contributed by atoms with E-state index in [9.17, 15) is 5.11 Å². The molecule has 0 aliphatic rings. The summed E-state index contributed by atoms with van der Waals surface area (Å²) >= 11 is 0. The number of nitrogens with two attached hydrogens (primary N) is 1. The van der Waals surface area contributed by atoms with Gasteiger partial charge in [0.15, 0.2) is 0 Å². The minimum absolute atomic E-state index is 0.0639. The van der Waals surface area contributed by atoms with E-state index in [-0.39, 0.29) is 12.6 Å². The fourth-order valence-electron chi connectivity index (χ4n) is 1.92. The molecule has 3 nitrogen and oxygen atoms in total. The van der Waals surface area contributed by atoms with E-state index in [1.165, 1.54) is 5.56 Å². The van der Waals surface area contributed by atoms with Crippen LogP contribution in [0.15, 0.2) is 24.3 Å². The molecule has 3 N–H and O–H groups in total. The minimum Gasteiger partial charge on any atom is -0.491 e. The number of hydrogen-bond acceptors (Lipinski definition) is 3. The highest BCUT2D eigenvalue weighted by atomic mass is 16.5. The molecule has 0 saturated heterocycles. The molecule has 1 aromatic carbocycles. The lowest BCUT2D eigenvalue weighted by molar-refractivity contribution is 0.0237. The smallest absolute Gasteiger partial charge is 0.119 e. The third-order valence-corrected chi connectivity index (χ3v) is 3.03. The fraction of sp³-hybridized carbons (Fsp3) is 0.600. The molecule has 0 fully saturated rings. The van der Waals surface area contributed by atoms with Crippen LogP contribution >= 0.6 is 0 Å². The molecule has 18 heavy (non-hydrogen) atoms. The van der Waals surface area contributed by atoms with Crippen LogP contribution in [0.5, 0.6) is 5.75 Å². The first-order valence-electron chi connectivity index (χ1n) is 6.53. The molecule has 0 radical (unpaired) electrons. The quantitative estimate of drug-likeness (QED) is 0.817. The van der Waals surface area contributed by atoms with Gasteiger partial charge >= 0.3 is 0 Å². The van der Waals surface area contributed by atoms with Gasteiger partial charge in [-0.3, -0.25) is 0 Å². The first-order valence-corrected chi connectivity index (χ1v) is 6.53. The van der Waals surface area contributed by atoms with Crippen molar-refractivity contribution in [3.63, 3.8) is 0 Å². The first kappa shape index (κ1) is 15.0. The Hall–Kier alpha value is -1.06. The molecule has 102 valence electrons. The van der Waals surface area contributed by atoms with Crippen molar-refractivity contribution in [1.82, 2.24) is 0 Å². The number of hydrogen-bond donors (Lipinski definition) is 2. The maximum Gasteiger partial charge on any atom is 0.119 e. The maximum absolute atomic E-state index is 9.91. The van der Waals surface area contributed by atoms with Gasteiger partial charge in [0.25, 0.3) is 0 Å². The standard InChI is InChI=1S/C15H25NO2/c1-11(2)13-6-5-7-14(8-13)18-12(3)9-15(4,17)10-16/h5-8,11-12,17H,9-10,16H2,1-4H3. The lowest BCUT2D eigenvalue weighted by Crippen LogP contribution is -2.38. The zero-order valence-electron chi connectivity index (χ0n) is 11.8. The molecule has 0 amide bonds. The topological polar surface area (TPSA) is 55.5 Å². The second kappa shape index (κ2) is 6.21. The van der Waals surface area contributed by atoms with E-state index in [1.54, 1.807) is 6.92 Å². The van der Waals surface area contributed by atoms with Crippen molar-refractivity contribution in [2.24, 2.45) is 5.73 Å². The Morgan fingerprint density at radius 2 is 2.00 bits per heavy atom. The summed E-state index contributed by atoms with van der Waals surface area (Å²) in [5, 5.41) is 9.91. The van der Waals surface area contributed by atoms with Crippen molar-refractivity contribution in [2.45, 2.75) is 51.7 Å². The number of rotatable bonds is 6. The molecular weight excluding hydrogens is 226 g/mol. The van der Waals surface area contributed by atoms with E-state index < -0.39 is 5.60 Å². The van der Waals surface area contributed by atoms with Crippen molar-refractivity contribution in [3.8, 4) is 5.75 Å². The normalized spacial score (nSPS) is 16.4. The number of aliphatic hydroxyl groups is 1. The van der Waals surface area contributed by atoms with E-state index >= 15 is 0 Å². The van der Waals surface area contributed by atoms with Crippen molar-refractivity contribution in [3.05, 3.63) is 29.8 Å². The lowest BCUT2D eigenvalue weighted by Gasteiger charge is -2.25. The van der Waals surface area contributed by atoms with Gasteiger partial charge in [-0.25, -0.2) is 0 Å². The Morgan fingerprint density at radius 1 is 1.33 bits per heavy atom. The van der Waals surface area contributed by atoms with Crippen LogP contribution in [-0.2, 0) is 0 Å². The van der Waals surface area contributed by atoms with Crippen LogP contribution in [-0.4, -0.2) is 23.4 Å². The van der Waals surface area contributed by atoms with Gasteiger partial charge in [-0.1, -0.05) is 26.0 Å². The molecule has 1 aromatic rings. The third kappa shape index (κ3) is 4.67. The molecule has 0 aliphatic heterocycles. The molecule has 0 aromatic heterocycles. The number of benzene rings is 1. The lowest BCUT2D eigenvalue weighted by atomic mass is 9.99. The molecule has 1 rings (SSSR count). The second-order valence-corrected chi connectivity index (χ2v) is 5.56. The molecule has 0 saturated carbocycles. The molecule has 0 aliphatic carbocycles. The molecule has 3 heteroatoms. The highest BCUT2D eigenvalue weighted by molar-refractivity contribution is 5.30. The predicted octanol–water partition coefficient (Wildman–Crippen LogP) is 2.68. The summed E-state index contributed by atoms with van der Waals surface area (Å²) in [6, 6.07) is 8.09. The van der Waals surface area contributed by atoms with Gasteiger partial charge < -0.3 is 15.6 Å². The van der Waals surface area contributed by atoms with Crippen LogP contribution in [0.1, 0.15) is 45.6 Å². The predicted molar refractivity (Wildman–Crippen MR) is 74.9 cm³/mol. The van der Waals surface area contributed by atoms with Gasteiger partial charge in [0.05, 0.1) is 11.7 Å². The minimum atomic E-state index is -0.866. The monoisotopic (exact) mass is 251 g/mol. The zero-order valence-corrected chi connectivity index (χ0v) is 11.8. The Balaban J connectivity index is 2.64. The van der Waals surface area contributed by atoms with Crippen molar-refractivity contribution in [1.29, 1.82) is 0 Å². The van der Waals surface area contributed by atoms with Gasteiger partial charge in [-0.15, -0.1) is 0 Å². The summed E-state index contributed by atoms with van der Waals surface area (Å²) < 4.78 is 5.83. The highest BCUT2D eigenvalue weighted by Gasteiger charge is 2.22. The van der Waals surface area contributed by atoms with Crippen LogP contribution in [0.25, 0.3) is 0 Å². The van der Waals surface area contributed by atoms with E-state index in [1.807, 2.05) is 19.1 Å². The van der Waals surface area contributed by atoms with E-state index in [0.717, 1.165) is 5.75 Å². The van der Waals surface area contributed by atoms with E-state index in [2.05, 4.69) is 26.0 Å². The number of ether oxygens (including phenoxy) is 1. The van der Waals surface area contributed by atoms with Crippen LogP contribution < -0.4 is 10.5 Å². The van der Waals surface area contributed by atoms with Gasteiger partial charge in [-0.2, -0.15) is 0 Å². The SMILES string of the molecule is CC(CC(C)(O)CN)Oc1cccc(C(C)C)c1. The molecular formula is C15H25NO2. The van der Waals surface area contributed by atoms with Gasteiger partial charge in [0.2, 0.25) is 0 Å². The summed E-state index contributed by atoms with van der Waals surface area (Å²) in [6.07, 6.45) is 0.459. The van der Waals surface area contributed by atoms with Crippen molar-refractivity contribution in [2.75, 3.05) is 6.54 Å². The average molecular weight is 251 g/mol. The molecule has 0 heterocycles. The first-order chi connectivity index (χ1) is 8.34.